The molecule has 0 amide bonds. The number of carboxylic acid groups (broad SMARTS) is 1. The lowest BCUT2D eigenvalue weighted by Crippen LogP contribution is -2.42. The largest absolute Gasteiger partial charge is 0.481 e. The molecule has 0 aliphatic heterocycles. The Morgan fingerprint density at radius 3 is 2.60 bits per heavy atom. The number of rotatable bonds is 5. The van der Waals surface area contributed by atoms with Crippen LogP contribution in [0.1, 0.15) is 38.3 Å². The first-order valence-electron chi connectivity index (χ1n) is 6.39. The van der Waals surface area contributed by atoms with Crippen LogP contribution in [0.3, 0.4) is 0 Å². The number of nitrogens with zero attached hydrogens (tertiary/aromatic N) is 2. The molecule has 1 rings (SSSR count). The Kier molecular flexibility index (Phi) is 5.23. The molecule has 0 unspecified atom stereocenters. The van der Waals surface area contributed by atoms with Crippen molar-refractivity contribution >= 4 is 5.97 Å². The van der Waals surface area contributed by atoms with Gasteiger partial charge in [0.15, 0.2) is 0 Å². The minimum Gasteiger partial charge on any atom is -0.481 e. The van der Waals surface area contributed by atoms with Gasteiger partial charge in [0.1, 0.15) is 5.82 Å². The molecule has 0 radical (unpaired) electrons. The van der Waals surface area contributed by atoms with Gasteiger partial charge in [0.25, 0.3) is 0 Å². The molecule has 0 saturated heterocycles. The lowest BCUT2D eigenvalue weighted by atomic mass is 10.0. The van der Waals surface area contributed by atoms with E-state index in [1.54, 1.807) is 6.07 Å². The summed E-state index contributed by atoms with van der Waals surface area (Å²) in [7, 11) is 0. The van der Waals surface area contributed by atoms with Crippen molar-refractivity contribution in [1.82, 2.24) is 4.90 Å². The van der Waals surface area contributed by atoms with Crippen LogP contribution in [0, 0.1) is 17.1 Å². The number of halogens is 1. The summed E-state index contributed by atoms with van der Waals surface area (Å²) in [5.41, 5.74) is 0.750. The van der Waals surface area contributed by atoms with Gasteiger partial charge in [-0.2, -0.15) is 5.26 Å². The Bertz CT molecular complexity index is 530. The summed E-state index contributed by atoms with van der Waals surface area (Å²) in [5, 5.41) is 17.9. The molecule has 20 heavy (non-hydrogen) atoms. The smallest absolute Gasteiger partial charge is 0.304 e. The molecule has 0 atom stereocenters. The van der Waals surface area contributed by atoms with E-state index in [9.17, 15) is 9.18 Å². The highest BCUT2D eigenvalue weighted by molar-refractivity contribution is 5.66. The Morgan fingerprint density at radius 2 is 2.10 bits per heavy atom. The number of aliphatic carboxylic acids is 1. The minimum atomic E-state index is -0.862. The summed E-state index contributed by atoms with van der Waals surface area (Å²) in [4.78, 5) is 12.7. The van der Waals surface area contributed by atoms with Gasteiger partial charge >= 0.3 is 5.97 Å². The highest BCUT2D eigenvalue weighted by Gasteiger charge is 2.23. The van der Waals surface area contributed by atoms with Crippen molar-refractivity contribution in [1.29, 1.82) is 5.26 Å². The predicted octanol–water partition coefficient (Wildman–Crippen LogP) is 2.77. The standard InChI is InChI=1S/C15H19FN2O2/c1-15(2,3)18(7-6-14(19)20)10-11-4-5-13(16)8-12(11)9-17/h4-5,8H,6-7,10H2,1-3H3,(H,19,20). The summed E-state index contributed by atoms with van der Waals surface area (Å²) in [6.07, 6.45) is 0.0281. The molecule has 0 fully saturated rings. The second-order valence-corrected chi connectivity index (χ2v) is 5.65. The maximum absolute atomic E-state index is 13.1. The molecule has 0 aliphatic carbocycles. The van der Waals surface area contributed by atoms with E-state index in [1.165, 1.54) is 12.1 Å². The fourth-order valence-electron chi connectivity index (χ4n) is 1.88. The van der Waals surface area contributed by atoms with Gasteiger partial charge in [0.05, 0.1) is 18.1 Å². The van der Waals surface area contributed by atoms with Crippen LogP contribution < -0.4 is 0 Å². The molecule has 1 N–H and O–H groups in total. The van der Waals surface area contributed by atoms with Crippen molar-refractivity contribution in [3.63, 3.8) is 0 Å². The van der Waals surface area contributed by atoms with Crippen LogP contribution >= 0.6 is 0 Å². The van der Waals surface area contributed by atoms with Crippen molar-refractivity contribution in [3.05, 3.63) is 35.1 Å². The fourth-order valence-corrected chi connectivity index (χ4v) is 1.88. The number of carboxylic acids is 1. The van der Waals surface area contributed by atoms with Crippen molar-refractivity contribution in [3.8, 4) is 6.07 Å². The molecule has 1 aromatic rings. The molecule has 5 heteroatoms. The first kappa shape index (κ1) is 16.1. The molecule has 1 aromatic carbocycles. The molecular formula is C15H19FN2O2. The minimum absolute atomic E-state index is 0.0281. The number of carbonyl (C=O) groups is 1. The van der Waals surface area contributed by atoms with Crippen LogP contribution in [0.2, 0.25) is 0 Å². The molecule has 0 heterocycles. The molecule has 0 spiro atoms. The quantitative estimate of drug-likeness (QED) is 0.899. The van der Waals surface area contributed by atoms with Crippen LogP contribution in [-0.4, -0.2) is 28.1 Å². The molecule has 0 aromatic heterocycles. The van der Waals surface area contributed by atoms with E-state index in [4.69, 9.17) is 10.4 Å². The van der Waals surface area contributed by atoms with Gasteiger partial charge < -0.3 is 5.11 Å². The Hall–Kier alpha value is -1.93. The van der Waals surface area contributed by atoms with Gasteiger partial charge in [0.2, 0.25) is 0 Å². The van der Waals surface area contributed by atoms with Gasteiger partial charge in [-0.1, -0.05) is 6.07 Å². The van der Waals surface area contributed by atoms with Crippen LogP contribution in [0.15, 0.2) is 18.2 Å². The van der Waals surface area contributed by atoms with E-state index in [0.29, 0.717) is 18.7 Å². The van der Waals surface area contributed by atoms with Crippen LogP contribution in [0.25, 0.3) is 0 Å². The summed E-state index contributed by atoms with van der Waals surface area (Å²) in [5.74, 6) is -1.31. The SMILES string of the molecule is CC(C)(C)N(CCC(=O)O)Cc1ccc(F)cc1C#N. The number of nitriles is 1. The van der Waals surface area contributed by atoms with Gasteiger partial charge in [-0.15, -0.1) is 0 Å². The van der Waals surface area contributed by atoms with E-state index in [2.05, 4.69) is 0 Å². The zero-order chi connectivity index (χ0) is 15.3. The van der Waals surface area contributed by atoms with E-state index < -0.39 is 11.8 Å². The average Bonchev–Trinajstić information content (AvgIpc) is 2.34. The maximum Gasteiger partial charge on any atom is 0.304 e. The van der Waals surface area contributed by atoms with Crippen molar-refractivity contribution < 1.29 is 14.3 Å². The van der Waals surface area contributed by atoms with Gasteiger partial charge in [-0.3, -0.25) is 9.69 Å². The van der Waals surface area contributed by atoms with E-state index >= 15 is 0 Å². The number of hydrogen-bond donors (Lipinski definition) is 1. The number of benzene rings is 1. The molecular weight excluding hydrogens is 259 g/mol. The highest BCUT2D eigenvalue weighted by atomic mass is 19.1. The summed E-state index contributed by atoms with van der Waals surface area (Å²) in [6.45, 7) is 6.72. The topological polar surface area (TPSA) is 64.3 Å². The first-order chi connectivity index (χ1) is 9.24. The van der Waals surface area contributed by atoms with E-state index in [-0.39, 0.29) is 17.5 Å². The van der Waals surface area contributed by atoms with E-state index in [1.807, 2.05) is 31.7 Å². The zero-order valence-corrected chi connectivity index (χ0v) is 12.0. The second kappa shape index (κ2) is 6.49. The zero-order valence-electron chi connectivity index (χ0n) is 12.0. The maximum atomic E-state index is 13.1. The fraction of sp³-hybridized carbons (Fsp3) is 0.467. The van der Waals surface area contributed by atoms with Crippen molar-refractivity contribution in [2.45, 2.75) is 39.3 Å². The third-order valence-corrected chi connectivity index (χ3v) is 3.10. The monoisotopic (exact) mass is 278 g/mol. The molecule has 108 valence electrons. The summed E-state index contributed by atoms with van der Waals surface area (Å²) >= 11 is 0. The van der Waals surface area contributed by atoms with Crippen LogP contribution in [-0.2, 0) is 11.3 Å². The molecule has 0 aliphatic rings. The molecule has 4 nitrogen and oxygen atoms in total. The second-order valence-electron chi connectivity index (χ2n) is 5.65. The van der Waals surface area contributed by atoms with Gasteiger partial charge in [-0.25, -0.2) is 4.39 Å². The van der Waals surface area contributed by atoms with Crippen molar-refractivity contribution in [2.75, 3.05) is 6.54 Å². The Morgan fingerprint density at radius 1 is 1.45 bits per heavy atom. The van der Waals surface area contributed by atoms with Crippen molar-refractivity contribution in [2.24, 2.45) is 0 Å². The summed E-state index contributed by atoms with van der Waals surface area (Å²) < 4.78 is 13.1. The molecule has 0 saturated carbocycles. The molecule has 0 bridgehead atoms. The highest BCUT2D eigenvalue weighted by Crippen LogP contribution is 2.20. The third-order valence-electron chi connectivity index (χ3n) is 3.10. The Labute approximate surface area is 118 Å². The summed E-state index contributed by atoms with van der Waals surface area (Å²) in [6, 6.07) is 6.07. The van der Waals surface area contributed by atoms with Gasteiger partial charge in [-0.05, 0) is 38.5 Å². The van der Waals surface area contributed by atoms with Crippen LogP contribution in [0.4, 0.5) is 4.39 Å². The first-order valence-corrected chi connectivity index (χ1v) is 6.39. The van der Waals surface area contributed by atoms with E-state index in [0.717, 1.165) is 0 Å². The normalized spacial score (nSPS) is 11.4. The third kappa shape index (κ3) is 4.63. The lowest BCUT2D eigenvalue weighted by Gasteiger charge is -2.35. The van der Waals surface area contributed by atoms with Gasteiger partial charge in [0, 0.05) is 18.6 Å². The predicted molar refractivity (Wildman–Crippen MR) is 73.5 cm³/mol. The van der Waals surface area contributed by atoms with Crippen LogP contribution in [0.5, 0.6) is 0 Å². The average molecular weight is 278 g/mol. The Balaban J connectivity index is 2.95. The lowest BCUT2D eigenvalue weighted by molar-refractivity contribution is -0.137. The number of hydrogen-bond acceptors (Lipinski definition) is 3.